The lowest BCUT2D eigenvalue weighted by Gasteiger charge is -2.10. The number of hydrogen-bond acceptors (Lipinski definition) is 9. The highest BCUT2D eigenvalue weighted by Gasteiger charge is 2.21. The lowest BCUT2D eigenvalue weighted by atomic mass is 10.2. The first-order valence-corrected chi connectivity index (χ1v) is 9.38. The van der Waals surface area contributed by atoms with Crippen LogP contribution in [0.15, 0.2) is 45.7 Å². The molecule has 0 aliphatic heterocycles. The number of nitro benzene ring substituents is 1. The largest absolute Gasteiger partial charge is 0.494 e. The van der Waals surface area contributed by atoms with E-state index in [4.69, 9.17) is 18.7 Å². The number of aromatic nitrogens is 2. The third kappa shape index (κ3) is 4.69. The van der Waals surface area contributed by atoms with Crippen LogP contribution >= 0.6 is 0 Å². The van der Waals surface area contributed by atoms with Crippen LogP contribution in [-0.4, -0.2) is 41.4 Å². The Morgan fingerprint density at radius 1 is 1.19 bits per heavy atom. The van der Waals surface area contributed by atoms with Gasteiger partial charge in [0.25, 0.3) is 5.69 Å². The van der Waals surface area contributed by atoms with Gasteiger partial charge in [0.2, 0.25) is 5.91 Å². The fourth-order valence-electron chi connectivity index (χ4n) is 2.95. The van der Waals surface area contributed by atoms with E-state index >= 15 is 0 Å². The van der Waals surface area contributed by atoms with Crippen molar-refractivity contribution in [2.24, 2.45) is 0 Å². The van der Waals surface area contributed by atoms with Crippen LogP contribution in [0, 0.1) is 10.1 Å². The van der Waals surface area contributed by atoms with Gasteiger partial charge >= 0.3 is 5.76 Å². The summed E-state index contributed by atoms with van der Waals surface area (Å²) in [6.07, 6.45) is 0. The molecule has 0 spiro atoms. The van der Waals surface area contributed by atoms with Gasteiger partial charge in [0.05, 0.1) is 31.8 Å². The van der Waals surface area contributed by atoms with E-state index in [0.29, 0.717) is 29.4 Å². The Hall–Kier alpha value is -4.35. The van der Waals surface area contributed by atoms with E-state index in [2.05, 4.69) is 10.5 Å². The summed E-state index contributed by atoms with van der Waals surface area (Å²) >= 11 is 0. The van der Waals surface area contributed by atoms with Crippen LogP contribution < -0.4 is 25.3 Å². The van der Waals surface area contributed by atoms with Gasteiger partial charge in [0.1, 0.15) is 18.0 Å². The van der Waals surface area contributed by atoms with Gasteiger partial charge in [-0.3, -0.25) is 19.4 Å². The van der Waals surface area contributed by atoms with Crippen LogP contribution in [-0.2, 0) is 11.3 Å². The van der Waals surface area contributed by atoms with Crippen molar-refractivity contribution in [2.75, 3.05) is 26.1 Å². The quantitative estimate of drug-likeness (QED) is 0.388. The molecule has 168 valence electrons. The van der Waals surface area contributed by atoms with Crippen molar-refractivity contribution >= 4 is 17.3 Å². The molecule has 1 N–H and O–H groups in total. The predicted molar refractivity (Wildman–Crippen MR) is 112 cm³/mol. The van der Waals surface area contributed by atoms with Gasteiger partial charge < -0.3 is 19.5 Å². The summed E-state index contributed by atoms with van der Waals surface area (Å²) in [4.78, 5) is 35.5. The third-order valence-electron chi connectivity index (χ3n) is 4.38. The molecule has 0 aliphatic rings. The van der Waals surface area contributed by atoms with Crippen LogP contribution in [0.2, 0.25) is 0 Å². The highest BCUT2D eigenvalue weighted by atomic mass is 16.6. The molecule has 2 aromatic carbocycles. The molecule has 3 rings (SSSR count). The van der Waals surface area contributed by atoms with Crippen LogP contribution in [0.1, 0.15) is 6.92 Å². The second-order valence-corrected chi connectivity index (χ2v) is 6.35. The standard InChI is InChI=1S/C20H20N4O8/c1-4-31-13-6-7-14(15(10-13)24(27)28)21-18(25)11-23-19(22-32-20(23)26)12-5-8-16(29-2)17(9-12)30-3/h5-10H,4,11H2,1-3H3,(H,21,25). The molecule has 3 aromatic rings. The predicted octanol–water partition coefficient (Wildman–Crippen LogP) is 2.47. The minimum atomic E-state index is -0.869. The number of methoxy groups -OCH3 is 2. The van der Waals surface area contributed by atoms with E-state index < -0.39 is 23.1 Å². The van der Waals surface area contributed by atoms with Gasteiger partial charge in [0.15, 0.2) is 17.3 Å². The van der Waals surface area contributed by atoms with E-state index in [1.807, 2.05) is 0 Å². The molecule has 0 aliphatic carbocycles. The van der Waals surface area contributed by atoms with Crippen molar-refractivity contribution in [3.63, 3.8) is 0 Å². The topological polar surface area (TPSA) is 148 Å². The van der Waals surface area contributed by atoms with Gasteiger partial charge in [-0.25, -0.2) is 9.36 Å². The number of carbonyl (C=O) groups excluding carboxylic acids is 1. The van der Waals surface area contributed by atoms with Crippen LogP contribution in [0.5, 0.6) is 17.2 Å². The molecule has 12 heteroatoms. The number of benzene rings is 2. The lowest BCUT2D eigenvalue weighted by Crippen LogP contribution is -2.25. The summed E-state index contributed by atoms with van der Waals surface area (Å²) < 4.78 is 21.4. The molecule has 12 nitrogen and oxygen atoms in total. The number of anilines is 1. The van der Waals surface area contributed by atoms with Crippen LogP contribution in [0.25, 0.3) is 11.4 Å². The van der Waals surface area contributed by atoms with Crippen molar-refractivity contribution in [2.45, 2.75) is 13.5 Å². The van der Waals surface area contributed by atoms with E-state index in [-0.39, 0.29) is 17.2 Å². The molecule has 0 radical (unpaired) electrons. The number of nitrogens with zero attached hydrogens (tertiary/aromatic N) is 3. The van der Waals surface area contributed by atoms with Gasteiger partial charge in [0, 0.05) is 5.56 Å². The molecule has 1 aromatic heterocycles. The molecule has 0 fully saturated rings. The van der Waals surface area contributed by atoms with E-state index in [0.717, 1.165) is 4.57 Å². The van der Waals surface area contributed by atoms with Crippen molar-refractivity contribution in [3.8, 4) is 28.6 Å². The SMILES string of the molecule is CCOc1ccc(NC(=O)Cn2c(-c3ccc(OC)c(OC)c3)noc2=O)c([N+](=O)[O-])c1. The minimum absolute atomic E-state index is 0.0411. The molecule has 0 unspecified atom stereocenters. The fourth-order valence-corrected chi connectivity index (χ4v) is 2.95. The Morgan fingerprint density at radius 2 is 1.94 bits per heavy atom. The second kappa shape index (κ2) is 9.64. The first-order chi connectivity index (χ1) is 15.4. The zero-order valence-corrected chi connectivity index (χ0v) is 17.5. The number of rotatable bonds is 9. The molecule has 32 heavy (non-hydrogen) atoms. The molecular weight excluding hydrogens is 424 g/mol. The Bertz CT molecular complexity index is 1200. The fraction of sp³-hybridized carbons (Fsp3) is 0.250. The van der Waals surface area contributed by atoms with Gasteiger partial charge in [-0.05, 0) is 37.3 Å². The summed E-state index contributed by atoms with van der Waals surface area (Å²) in [5, 5.41) is 17.5. The Kier molecular flexibility index (Phi) is 6.73. The number of hydrogen-bond donors (Lipinski definition) is 1. The number of nitro groups is 1. The molecule has 1 heterocycles. The highest BCUT2D eigenvalue weighted by molar-refractivity contribution is 5.93. The molecule has 0 saturated carbocycles. The highest BCUT2D eigenvalue weighted by Crippen LogP contribution is 2.32. The zero-order valence-electron chi connectivity index (χ0n) is 17.5. The van der Waals surface area contributed by atoms with Crippen molar-refractivity contribution in [1.29, 1.82) is 0 Å². The summed E-state index contributed by atoms with van der Waals surface area (Å²) in [5.74, 6) is -0.332. The summed E-state index contributed by atoms with van der Waals surface area (Å²) in [6.45, 7) is 1.59. The number of ether oxygens (including phenoxy) is 3. The summed E-state index contributed by atoms with van der Waals surface area (Å²) in [7, 11) is 2.93. The van der Waals surface area contributed by atoms with Crippen molar-refractivity contribution < 1.29 is 28.5 Å². The Morgan fingerprint density at radius 3 is 2.59 bits per heavy atom. The van der Waals surface area contributed by atoms with E-state index in [1.54, 1.807) is 25.1 Å². The average Bonchev–Trinajstić information content (AvgIpc) is 3.14. The molecule has 0 bridgehead atoms. The zero-order chi connectivity index (χ0) is 23.3. The van der Waals surface area contributed by atoms with Gasteiger partial charge in [-0.1, -0.05) is 5.16 Å². The summed E-state index contributed by atoms with van der Waals surface area (Å²) in [5.41, 5.74) is 0.0519. The maximum absolute atomic E-state index is 12.6. The Labute approximate surface area is 181 Å². The van der Waals surface area contributed by atoms with Crippen LogP contribution in [0.3, 0.4) is 0 Å². The molecule has 1 amide bonds. The van der Waals surface area contributed by atoms with E-state index in [9.17, 15) is 19.7 Å². The first-order valence-electron chi connectivity index (χ1n) is 9.38. The molecule has 0 saturated heterocycles. The van der Waals surface area contributed by atoms with Crippen LogP contribution in [0.4, 0.5) is 11.4 Å². The number of amides is 1. The van der Waals surface area contributed by atoms with Crippen molar-refractivity contribution in [3.05, 3.63) is 57.1 Å². The van der Waals surface area contributed by atoms with Gasteiger partial charge in [-0.15, -0.1) is 0 Å². The second-order valence-electron chi connectivity index (χ2n) is 6.35. The molecule has 0 atom stereocenters. The maximum atomic E-state index is 12.6. The normalized spacial score (nSPS) is 10.5. The number of carbonyl (C=O) groups is 1. The lowest BCUT2D eigenvalue weighted by molar-refractivity contribution is -0.384. The summed E-state index contributed by atoms with van der Waals surface area (Å²) in [6, 6.07) is 8.85. The number of nitrogens with one attached hydrogen (secondary N) is 1. The smallest absolute Gasteiger partial charge is 0.442 e. The first kappa shape index (κ1) is 22.3. The van der Waals surface area contributed by atoms with Gasteiger partial charge in [-0.2, -0.15) is 0 Å². The monoisotopic (exact) mass is 444 g/mol. The minimum Gasteiger partial charge on any atom is -0.494 e. The Balaban J connectivity index is 1.87. The molecular formula is C20H20N4O8. The van der Waals surface area contributed by atoms with E-state index in [1.165, 1.54) is 32.4 Å². The average molecular weight is 444 g/mol. The third-order valence-corrected chi connectivity index (χ3v) is 4.38. The van der Waals surface area contributed by atoms with Crippen molar-refractivity contribution in [1.82, 2.24) is 9.72 Å². The maximum Gasteiger partial charge on any atom is 0.442 e.